The summed E-state index contributed by atoms with van der Waals surface area (Å²) in [4.78, 5) is 0. The summed E-state index contributed by atoms with van der Waals surface area (Å²) in [6, 6.07) is 43.1. The lowest BCUT2D eigenvalue weighted by Gasteiger charge is -2.26. The molecule has 0 N–H and O–H groups in total. The van der Waals surface area contributed by atoms with Crippen molar-refractivity contribution in [2.75, 3.05) is 0 Å². The van der Waals surface area contributed by atoms with Crippen molar-refractivity contribution >= 4 is 7.82 Å². The van der Waals surface area contributed by atoms with E-state index < -0.39 is 7.82 Å². The monoisotopic (exact) mass is 843 g/mol. The molecule has 0 aromatic heterocycles. The Hall–Kier alpha value is -4.27. The number of aryl methyl sites for hydroxylation is 2. The topological polar surface area (TPSA) is 44.8 Å². The van der Waals surface area contributed by atoms with E-state index in [1.54, 1.807) is 12.1 Å². The molecular formula is C56H75O4P. The molecular weight excluding hydrogens is 768 g/mol. The summed E-state index contributed by atoms with van der Waals surface area (Å²) in [5.74, 6) is 1.24. The highest BCUT2D eigenvalue weighted by Crippen LogP contribution is 2.50. The van der Waals surface area contributed by atoms with Crippen molar-refractivity contribution in [1.82, 2.24) is 0 Å². The molecule has 61 heavy (non-hydrogen) atoms. The second-order valence-corrected chi connectivity index (χ2v) is 20.0. The number of hydrogen-bond donors (Lipinski definition) is 0. The van der Waals surface area contributed by atoms with Crippen LogP contribution in [0.2, 0.25) is 0 Å². The third-order valence-corrected chi connectivity index (χ3v) is 13.4. The van der Waals surface area contributed by atoms with E-state index in [1.807, 2.05) is 42.5 Å². The number of phosphoric ester groups is 1. The Kier molecular flexibility index (Phi) is 19.1. The first kappa shape index (κ1) is 47.8. The summed E-state index contributed by atoms with van der Waals surface area (Å²) in [7, 11) is -4.15. The van der Waals surface area contributed by atoms with E-state index in [4.69, 9.17) is 13.6 Å². The van der Waals surface area contributed by atoms with Gasteiger partial charge in [0.15, 0.2) is 0 Å². The molecule has 5 rings (SSSR count). The average molecular weight is 843 g/mol. The fraction of sp³-hybridized carbons (Fsp3) is 0.464. The highest BCUT2D eigenvalue weighted by molar-refractivity contribution is 7.49. The van der Waals surface area contributed by atoms with Crippen LogP contribution in [0.1, 0.15) is 165 Å². The van der Waals surface area contributed by atoms with E-state index in [9.17, 15) is 4.57 Å². The van der Waals surface area contributed by atoms with Gasteiger partial charge in [0.2, 0.25) is 0 Å². The first-order valence-electron chi connectivity index (χ1n) is 23.6. The van der Waals surface area contributed by atoms with Gasteiger partial charge in [0.1, 0.15) is 17.2 Å². The molecule has 0 atom stereocenters. The molecule has 0 aliphatic heterocycles. The van der Waals surface area contributed by atoms with E-state index in [0.717, 1.165) is 25.7 Å². The van der Waals surface area contributed by atoms with Gasteiger partial charge < -0.3 is 13.6 Å². The summed E-state index contributed by atoms with van der Waals surface area (Å²) in [5, 5.41) is 0. The first-order valence-corrected chi connectivity index (χ1v) is 25.0. The van der Waals surface area contributed by atoms with Crippen LogP contribution in [0.3, 0.4) is 0 Å². The lowest BCUT2D eigenvalue weighted by atomic mass is 9.79. The molecule has 0 spiro atoms. The van der Waals surface area contributed by atoms with Crippen LogP contribution in [0.5, 0.6) is 17.2 Å². The van der Waals surface area contributed by atoms with Crippen molar-refractivity contribution < 1.29 is 18.1 Å². The maximum absolute atomic E-state index is 14.4. The van der Waals surface area contributed by atoms with Gasteiger partial charge in [-0.15, -0.1) is 0 Å². The SMILES string of the molecule is CCCCCCCCCc1ccc(CC(C)(C)c2ccc(OP(=O)(Oc3ccccc3)Oc3ccc(C(C)(C)Cc4ccc(CCCCCCCCC)cc4)cc3)cc2)cc1. The van der Waals surface area contributed by atoms with Crippen molar-refractivity contribution in [3.63, 3.8) is 0 Å². The van der Waals surface area contributed by atoms with E-state index in [1.165, 1.54) is 123 Å². The maximum Gasteiger partial charge on any atom is 0.647 e. The Morgan fingerprint density at radius 3 is 1.05 bits per heavy atom. The fourth-order valence-corrected chi connectivity index (χ4v) is 9.55. The average Bonchev–Trinajstić information content (AvgIpc) is 3.24. The van der Waals surface area contributed by atoms with Crippen LogP contribution in [0.4, 0.5) is 0 Å². The standard InChI is InChI=1S/C56H75O4P/c1-7-9-11-13-15-17-20-24-46-28-32-48(33-29-46)44-55(3,4)50-36-40-53(41-37-50)59-61(57,58-52-26-22-19-23-27-52)60-54-42-38-51(39-43-54)56(5,6)45-49-34-30-47(31-35-49)25-21-18-16-14-12-10-8-2/h19,22-23,26-43H,7-18,20-21,24-25,44-45H2,1-6H3. The van der Waals surface area contributed by atoms with Gasteiger partial charge in [0.05, 0.1) is 0 Å². The molecule has 4 nitrogen and oxygen atoms in total. The zero-order chi connectivity index (χ0) is 43.4. The van der Waals surface area contributed by atoms with Crippen LogP contribution >= 0.6 is 7.82 Å². The summed E-state index contributed by atoms with van der Waals surface area (Å²) in [6.45, 7) is 13.6. The Morgan fingerprint density at radius 1 is 0.377 bits per heavy atom. The van der Waals surface area contributed by atoms with Gasteiger partial charge in [-0.3, -0.25) is 0 Å². The van der Waals surface area contributed by atoms with E-state index in [2.05, 4.69) is 114 Å². The summed E-state index contributed by atoms with van der Waals surface area (Å²) >= 11 is 0. The van der Waals surface area contributed by atoms with Crippen molar-refractivity contribution in [3.8, 4) is 17.2 Å². The molecule has 0 aliphatic carbocycles. The van der Waals surface area contributed by atoms with Crippen LogP contribution in [0.15, 0.2) is 127 Å². The molecule has 5 aromatic carbocycles. The number of phosphoric acid groups is 1. The molecule has 328 valence electrons. The third-order valence-electron chi connectivity index (χ3n) is 12.1. The highest BCUT2D eigenvalue weighted by atomic mass is 31.2. The molecule has 0 heterocycles. The Bertz CT molecular complexity index is 1870. The van der Waals surface area contributed by atoms with Gasteiger partial charge in [-0.05, 0) is 119 Å². The predicted octanol–water partition coefficient (Wildman–Crippen LogP) is 17.0. The van der Waals surface area contributed by atoms with Gasteiger partial charge in [-0.2, -0.15) is 4.57 Å². The van der Waals surface area contributed by atoms with Gasteiger partial charge in [-0.25, -0.2) is 0 Å². The van der Waals surface area contributed by atoms with Crippen LogP contribution < -0.4 is 13.6 Å². The molecule has 0 amide bonds. The zero-order valence-corrected chi connectivity index (χ0v) is 39.3. The number of hydrogen-bond acceptors (Lipinski definition) is 4. The maximum atomic E-state index is 14.4. The second kappa shape index (κ2) is 24.4. The molecule has 0 bridgehead atoms. The van der Waals surface area contributed by atoms with Gasteiger partial charge >= 0.3 is 7.82 Å². The first-order chi connectivity index (χ1) is 29.5. The van der Waals surface area contributed by atoms with Gasteiger partial charge in [-0.1, -0.05) is 210 Å². The Labute approximate surface area is 370 Å². The molecule has 0 saturated heterocycles. The zero-order valence-electron chi connectivity index (χ0n) is 38.4. The molecule has 0 fully saturated rings. The lowest BCUT2D eigenvalue weighted by molar-refractivity contribution is 0.298. The van der Waals surface area contributed by atoms with Crippen LogP contribution in [0.25, 0.3) is 0 Å². The van der Waals surface area contributed by atoms with Crippen molar-refractivity contribution in [2.24, 2.45) is 0 Å². The largest absolute Gasteiger partial charge is 0.647 e. The number of rotatable bonds is 28. The molecule has 0 unspecified atom stereocenters. The Morgan fingerprint density at radius 2 is 0.689 bits per heavy atom. The van der Waals surface area contributed by atoms with E-state index >= 15 is 0 Å². The number of benzene rings is 5. The molecule has 5 aromatic rings. The van der Waals surface area contributed by atoms with Crippen molar-refractivity contribution in [1.29, 1.82) is 0 Å². The summed E-state index contributed by atoms with van der Waals surface area (Å²) in [5.41, 5.74) is 7.59. The van der Waals surface area contributed by atoms with Crippen molar-refractivity contribution in [2.45, 2.75) is 168 Å². The van der Waals surface area contributed by atoms with Crippen molar-refractivity contribution in [3.05, 3.63) is 161 Å². The van der Waals surface area contributed by atoms with Crippen LogP contribution in [-0.4, -0.2) is 0 Å². The van der Waals surface area contributed by atoms with E-state index in [-0.39, 0.29) is 10.8 Å². The summed E-state index contributed by atoms with van der Waals surface area (Å²) in [6.07, 6.45) is 22.8. The normalized spacial score (nSPS) is 12.0. The Balaban J connectivity index is 1.17. The molecule has 0 radical (unpaired) electrons. The summed E-state index contributed by atoms with van der Waals surface area (Å²) < 4.78 is 32.7. The van der Waals surface area contributed by atoms with Gasteiger partial charge in [0, 0.05) is 0 Å². The minimum atomic E-state index is -4.15. The van der Waals surface area contributed by atoms with Crippen LogP contribution in [0, 0.1) is 0 Å². The predicted molar refractivity (Wildman–Crippen MR) is 259 cm³/mol. The van der Waals surface area contributed by atoms with Gasteiger partial charge in [0.25, 0.3) is 0 Å². The third kappa shape index (κ3) is 16.5. The lowest BCUT2D eigenvalue weighted by Crippen LogP contribution is -2.20. The smallest absolute Gasteiger partial charge is 0.386 e. The minimum absolute atomic E-state index is 0.120. The second-order valence-electron chi connectivity index (χ2n) is 18.6. The number of unbranched alkanes of at least 4 members (excludes halogenated alkanes) is 12. The van der Waals surface area contributed by atoms with Crippen LogP contribution in [-0.2, 0) is 41.1 Å². The molecule has 5 heteroatoms. The quantitative estimate of drug-likeness (QED) is 0.0372. The fourth-order valence-electron chi connectivity index (χ4n) is 8.30. The van der Waals surface area contributed by atoms with E-state index in [0.29, 0.717) is 17.2 Å². The molecule has 0 aliphatic rings. The molecule has 0 saturated carbocycles. The minimum Gasteiger partial charge on any atom is -0.386 e. The highest BCUT2D eigenvalue weighted by Gasteiger charge is 2.34. The number of para-hydroxylation sites is 1.